The maximum Gasteiger partial charge on any atom is 0.285 e. The van der Waals surface area contributed by atoms with E-state index in [1.165, 1.54) is 6.07 Å². The van der Waals surface area contributed by atoms with Crippen LogP contribution in [0.5, 0.6) is 0 Å². The molecule has 2 aromatic rings. The maximum atomic E-state index is 12.9. The normalized spacial score (nSPS) is 19.6. The van der Waals surface area contributed by atoms with Crippen LogP contribution in [0.4, 0.5) is 5.69 Å². The Kier molecular flexibility index (Phi) is 4.61. The number of nitriles is 1. The zero-order chi connectivity index (χ0) is 19.7. The van der Waals surface area contributed by atoms with Crippen LogP contribution in [0.1, 0.15) is 24.0 Å². The predicted molar refractivity (Wildman–Crippen MR) is 104 cm³/mol. The molecule has 142 valence electrons. The van der Waals surface area contributed by atoms with Crippen LogP contribution in [-0.4, -0.2) is 37.6 Å². The fourth-order valence-corrected chi connectivity index (χ4v) is 4.83. The van der Waals surface area contributed by atoms with Gasteiger partial charge in [0.25, 0.3) is 10.0 Å². The van der Waals surface area contributed by atoms with E-state index in [1.807, 2.05) is 0 Å². The fourth-order valence-electron chi connectivity index (χ4n) is 3.61. The molecule has 1 atom stereocenters. The quantitative estimate of drug-likeness (QED) is 0.860. The minimum absolute atomic E-state index is 0.184. The van der Waals surface area contributed by atoms with Gasteiger partial charge in [0.2, 0.25) is 5.91 Å². The molecule has 0 radical (unpaired) electrons. The first-order chi connectivity index (χ1) is 13.5. The molecule has 7 nitrogen and oxygen atoms in total. The lowest BCUT2D eigenvalue weighted by molar-refractivity contribution is -0.119. The molecule has 0 aromatic heterocycles. The largest absolute Gasteiger partial charge is 0.343 e. The summed E-state index contributed by atoms with van der Waals surface area (Å²) in [5.74, 6) is 0.146. The molecule has 0 unspecified atom stereocenters. The number of fused-ring (bicyclic) bond motifs is 1. The van der Waals surface area contributed by atoms with E-state index in [4.69, 9.17) is 5.26 Å². The second-order valence-electron chi connectivity index (χ2n) is 6.76. The molecule has 2 aromatic carbocycles. The zero-order valence-corrected chi connectivity index (χ0v) is 15.8. The Bertz CT molecular complexity index is 1100. The number of amides is 1. The van der Waals surface area contributed by atoms with Gasteiger partial charge in [-0.15, -0.1) is 4.40 Å². The van der Waals surface area contributed by atoms with Crippen molar-refractivity contribution < 1.29 is 13.2 Å². The van der Waals surface area contributed by atoms with Crippen LogP contribution < -0.4 is 5.32 Å². The standard InChI is InChI=1S/C20H18N4O3S/c21-12-11-14-7-9-15(10-8-14)22-20(25)17-5-3-13-24(17)19-16-4-1-2-6-18(16)28(26,27)23-19/h1-2,4,6-10,17H,3,5,11,13H2,(H,22,25)/t17-/m0/s1. The number of benzene rings is 2. The average Bonchev–Trinajstić information content (AvgIpc) is 3.27. The summed E-state index contributed by atoms with van der Waals surface area (Å²) in [6, 6.07) is 15.4. The molecule has 0 bridgehead atoms. The number of hydrogen-bond donors (Lipinski definition) is 1. The molecule has 1 saturated heterocycles. The number of rotatable bonds is 3. The van der Waals surface area contributed by atoms with Gasteiger partial charge >= 0.3 is 0 Å². The molecule has 2 heterocycles. The molecule has 8 heteroatoms. The molecule has 1 fully saturated rings. The van der Waals surface area contributed by atoms with Gasteiger partial charge in [0.1, 0.15) is 10.9 Å². The summed E-state index contributed by atoms with van der Waals surface area (Å²) in [6.07, 6.45) is 1.72. The molecule has 2 aliphatic heterocycles. The second kappa shape index (κ2) is 7.09. The molecular weight excluding hydrogens is 376 g/mol. The van der Waals surface area contributed by atoms with Crippen molar-refractivity contribution in [2.45, 2.75) is 30.2 Å². The van der Waals surface area contributed by atoms with Crippen LogP contribution in [0.2, 0.25) is 0 Å². The molecule has 28 heavy (non-hydrogen) atoms. The molecule has 1 amide bonds. The van der Waals surface area contributed by atoms with E-state index in [9.17, 15) is 13.2 Å². The van der Waals surface area contributed by atoms with Crippen LogP contribution in [0, 0.1) is 11.3 Å². The number of amidine groups is 1. The molecule has 4 rings (SSSR count). The van der Waals surface area contributed by atoms with Crippen LogP contribution in [0.25, 0.3) is 0 Å². The third-order valence-corrected chi connectivity index (χ3v) is 6.27. The van der Waals surface area contributed by atoms with Crippen LogP contribution >= 0.6 is 0 Å². The van der Waals surface area contributed by atoms with E-state index in [0.717, 1.165) is 12.0 Å². The van der Waals surface area contributed by atoms with Gasteiger partial charge in [-0.1, -0.05) is 24.3 Å². The van der Waals surface area contributed by atoms with Gasteiger partial charge in [0.05, 0.1) is 12.5 Å². The van der Waals surface area contributed by atoms with Gasteiger partial charge in [0.15, 0.2) is 5.84 Å². The summed E-state index contributed by atoms with van der Waals surface area (Å²) in [4.78, 5) is 14.8. The molecule has 1 N–H and O–H groups in total. The lowest BCUT2D eigenvalue weighted by Gasteiger charge is -2.25. The number of nitrogens with one attached hydrogen (secondary N) is 1. The first-order valence-electron chi connectivity index (χ1n) is 8.97. The Morgan fingerprint density at radius 2 is 1.96 bits per heavy atom. The van der Waals surface area contributed by atoms with Crippen molar-refractivity contribution in [3.63, 3.8) is 0 Å². The third-order valence-electron chi connectivity index (χ3n) is 4.94. The minimum atomic E-state index is -3.72. The van der Waals surface area contributed by atoms with Crippen LogP contribution in [0.3, 0.4) is 0 Å². The van der Waals surface area contributed by atoms with E-state index in [-0.39, 0.29) is 10.8 Å². The van der Waals surface area contributed by atoms with Crippen molar-refractivity contribution in [3.05, 3.63) is 59.7 Å². The first kappa shape index (κ1) is 18.2. The lowest BCUT2D eigenvalue weighted by Crippen LogP contribution is -2.43. The number of carbonyl (C=O) groups excluding carboxylic acids is 1. The summed E-state index contributed by atoms with van der Waals surface area (Å²) in [6.45, 7) is 0.571. The second-order valence-corrected chi connectivity index (χ2v) is 8.33. The Morgan fingerprint density at radius 3 is 2.71 bits per heavy atom. The van der Waals surface area contributed by atoms with Gasteiger partial charge in [-0.05, 0) is 42.7 Å². The Hall–Kier alpha value is -3.18. The SMILES string of the molecule is N#CCc1ccc(NC(=O)[C@@H]2CCCN2C2=NS(=O)(=O)c3ccccc32)cc1. The Labute approximate surface area is 163 Å². The van der Waals surface area contributed by atoms with E-state index < -0.39 is 16.1 Å². The Balaban J connectivity index is 1.56. The van der Waals surface area contributed by atoms with Crippen molar-refractivity contribution in [1.82, 2.24) is 4.90 Å². The predicted octanol–water partition coefficient (Wildman–Crippen LogP) is 2.30. The van der Waals surface area contributed by atoms with E-state index in [1.54, 1.807) is 47.4 Å². The van der Waals surface area contributed by atoms with Crippen molar-refractivity contribution in [2.75, 3.05) is 11.9 Å². The number of nitrogens with zero attached hydrogens (tertiary/aromatic N) is 3. The summed E-state index contributed by atoms with van der Waals surface area (Å²) in [5, 5.41) is 11.6. The van der Waals surface area contributed by atoms with Crippen molar-refractivity contribution in [2.24, 2.45) is 4.40 Å². The van der Waals surface area contributed by atoms with Gasteiger partial charge in [-0.2, -0.15) is 13.7 Å². The highest BCUT2D eigenvalue weighted by Gasteiger charge is 2.39. The Morgan fingerprint density at radius 1 is 1.21 bits per heavy atom. The van der Waals surface area contributed by atoms with Gasteiger partial charge in [-0.3, -0.25) is 4.79 Å². The fraction of sp³-hybridized carbons (Fsp3) is 0.250. The molecule has 0 spiro atoms. The van der Waals surface area contributed by atoms with Gasteiger partial charge in [0, 0.05) is 17.8 Å². The van der Waals surface area contributed by atoms with Gasteiger partial charge < -0.3 is 10.2 Å². The minimum Gasteiger partial charge on any atom is -0.343 e. The number of sulfonamides is 1. The van der Waals surface area contributed by atoms with Crippen molar-refractivity contribution >= 4 is 27.5 Å². The topological polar surface area (TPSA) is 103 Å². The molecule has 2 aliphatic rings. The summed E-state index contributed by atoms with van der Waals surface area (Å²) in [7, 11) is -3.72. The van der Waals surface area contributed by atoms with E-state index >= 15 is 0 Å². The number of hydrogen-bond acceptors (Lipinski definition) is 5. The van der Waals surface area contributed by atoms with E-state index in [0.29, 0.717) is 36.5 Å². The average molecular weight is 394 g/mol. The van der Waals surface area contributed by atoms with Crippen LogP contribution in [0.15, 0.2) is 57.8 Å². The molecule has 0 saturated carbocycles. The highest BCUT2D eigenvalue weighted by atomic mass is 32.2. The smallest absolute Gasteiger partial charge is 0.285 e. The summed E-state index contributed by atoms with van der Waals surface area (Å²) < 4.78 is 28.6. The first-order valence-corrected chi connectivity index (χ1v) is 10.4. The monoisotopic (exact) mass is 394 g/mol. The molecule has 0 aliphatic carbocycles. The summed E-state index contributed by atoms with van der Waals surface area (Å²) >= 11 is 0. The lowest BCUT2D eigenvalue weighted by atomic mass is 10.1. The highest BCUT2D eigenvalue weighted by molar-refractivity contribution is 7.90. The number of likely N-dealkylation sites (tertiary alicyclic amines) is 1. The number of carbonyl (C=O) groups is 1. The number of anilines is 1. The van der Waals surface area contributed by atoms with E-state index in [2.05, 4.69) is 15.8 Å². The van der Waals surface area contributed by atoms with Crippen molar-refractivity contribution in [1.29, 1.82) is 5.26 Å². The third kappa shape index (κ3) is 3.25. The van der Waals surface area contributed by atoms with Crippen molar-refractivity contribution in [3.8, 4) is 6.07 Å². The maximum absolute atomic E-state index is 12.9. The van der Waals surface area contributed by atoms with Gasteiger partial charge in [-0.25, -0.2) is 0 Å². The molecular formula is C20H18N4O3S. The highest BCUT2D eigenvalue weighted by Crippen LogP contribution is 2.31. The summed E-state index contributed by atoms with van der Waals surface area (Å²) in [5.41, 5.74) is 2.06. The van der Waals surface area contributed by atoms with Crippen LogP contribution in [-0.2, 0) is 21.2 Å². The zero-order valence-electron chi connectivity index (χ0n) is 15.0.